The summed E-state index contributed by atoms with van der Waals surface area (Å²) in [5.41, 5.74) is 1.05. The molecule has 1 rings (SSSR count). The average Bonchev–Trinajstić information content (AvgIpc) is 2.21. The van der Waals surface area contributed by atoms with E-state index in [-0.39, 0.29) is 0 Å². The summed E-state index contributed by atoms with van der Waals surface area (Å²) in [5.74, 6) is 0.474. The second-order valence-corrected chi connectivity index (χ2v) is 4.53. The minimum atomic E-state index is 0.474. The fourth-order valence-electron chi connectivity index (χ4n) is 1.49. The van der Waals surface area contributed by atoms with E-state index in [0.717, 1.165) is 28.5 Å². The van der Waals surface area contributed by atoms with Gasteiger partial charge in [0.05, 0.1) is 0 Å². The summed E-state index contributed by atoms with van der Waals surface area (Å²) in [6.07, 6.45) is 6.35. The lowest BCUT2D eigenvalue weighted by Crippen LogP contribution is -1.97. The largest absolute Gasteiger partial charge is 0.0885 e. The zero-order chi connectivity index (χ0) is 11.3. The van der Waals surface area contributed by atoms with Crippen LogP contribution in [0.5, 0.6) is 0 Å². The topological polar surface area (TPSA) is 0 Å². The van der Waals surface area contributed by atoms with Crippen molar-refractivity contribution in [1.82, 2.24) is 0 Å². The van der Waals surface area contributed by atoms with E-state index in [1.165, 1.54) is 0 Å². The third-order valence-corrected chi connectivity index (χ3v) is 3.00. The van der Waals surface area contributed by atoms with Crippen LogP contribution in [0.1, 0.15) is 25.8 Å². The summed E-state index contributed by atoms with van der Waals surface area (Å²) in [7, 11) is 0. The van der Waals surface area contributed by atoms with Crippen molar-refractivity contribution in [2.24, 2.45) is 5.92 Å². The van der Waals surface area contributed by atoms with Crippen LogP contribution in [-0.2, 0) is 6.42 Å². The molecule has 0 saturated carbocycles. The summed E-state index contributed by atoms with van der Waals surface area (Å²) >= 11 is 12.2. The maximum atomic E-state index is 6.10. The molecule has 0 spiro atoms. The maximum absolute atomic E-state index is 6.10. The van der Waals surface area contributed by atoms with Gasteiger partial charge in [-0.3, -0.25) is 0 Å². The monoisotopic (exact) mass is 242 g/mol. The van der Waals surface area contributed by atoms with Gasteiger partial charge in [-0.05, 0) is 36.5 Å². The summed E-state index contributed by atoms with van der Waals surface area (Å²) in [6, 6.07) is 5.65. The normalized spacial score (nSPS) is 13.3. The van der Waals surface area contributed by atoms with Crippen molar-refractivity contribution in [2.45, 2.75) is 26.7 Å². The molecule has 0 fully saturated rings. The van der Waals surface area contributed by atoms with Gasteiger partial charge in [0.25, 0.3) is 0 Å². The molecule has 0 radical (unpaired) electrons. The highest BCUT2D eigenvalue weighted by Gasteiger charge is 2.07. The zero-order valence-electron chi connectivity index (χ0n) is 9.13. The highest BCUT2D eigenvalue weighted by molar-refractivity contribution is 6.35. The Morgan fingerprint density at radius 1 is 1.27 bits per heavy atom. The van der Waals surface area contributed by atoms with Crippen molar-refractivity contribution in [2.75, 3.05) is 0 Å². The summed E-state index contributed by atoms with van der Waals surface area (Å²) in [4.78, 5) is 0. The molecule has 1 atom stereocenters. The van der Waals surface area contributed by atoms with Crippen LogP contribution in [0.25, 0.3) is 0 Å². The SMILES string of the molecule is CC/C=C\C(C)Cc1c(Cl)cccc1Cl. The molecule has 0 bridgehead atoms. The van der Waals surface area contributed by atoms with Gasteiger partial charge in [-0.15, -0.1) is 0 Å². The van der Waals surface area contributed by atoms with Crippen molar-refractivity contribution in [3.63, 3.8) is 0 Å². The lowest BCUT2D eigenvalue weighted by molar-refractivity contribution is 0.721. The van der Waals surface area contributed by atoms with E-state index < -0.39 is 0 Å². The van der Waals surface area contributed by atoms with E-state index in [0.29, 0.717) is 5.92 Å². The van der Waals surface area contributed by atoms with Crippen molar-refractivity contribution in [3.8, 4) is 0 Å². The number of halogens is 2. The molecule has 2 heteroatoms. The molecular weight excluding hydrogens is 227 g/mol. The van der Waals surface area contributed by atoms with Gasteiger partial charge in [-0.2, -0.15) is 0 Å². The molecule has 0 saturated heterocycles. The molecule has 1 aromatic carbocycles. The Labute approximate surface area is 102 Å². The standard InChI is InChI=1S/C13H16Cl2/c1-3-4-6-10(2)9-11-12(14)7-5-8-13(11)15/h4-8,10H,3,9H2,1-2H3/b6-4-. The van der Waals surface area contributed by atoms with Crippen LogP contribution in [0.4, 0.5) is 0 Å². The van der Waals surface area contributed by atoms with Gasteiger partial charge in [-0.25, -0.2) is 0 Å². The Bertz CT molecular complexity index is 322. The Morgan fingerprint density at radius 2 is 1.87 bits per heavy atom. The molecule has 1 aromatic rings. The summed E-state index contributed by atoms with van der Waals surface area (Å²) < 4.78 is 0. The molecule has 1 unspecified atom stereocenters. The molecule has 0 aliphatic carbocycles. The first-order chi connectivity index (χ1) is 7.15. The van der Waals surface area contributed by atoms with Gasteiger partial charge >= 0.3 is 0 Å². The summed E-state index contributed by atoms with van der Waals surface area (Å²) in [5, 5.41) is 1.53. The highest BCUT2D eigenvalue weighted by atomic mass is 35.5. The quantitative estimate of drug-likeness (QED) is 0.642. The molecule has 15 heavy (non-hydrogen) atoms. The molecule has 0 aliphatic rings. The van der Waals surface area contributed by atoms with Gasteiger partial charge < -0.3 is 0 Å². The van der Waals surface area contributed by atoms with Crippen LogP contribution in [0.2, 0.25) is 10.0 Å². The fraction of sp³-hybridized carbons (Fsp3) is 0.385. The van der Waals surface area contributed by atoms with Gasteiger partial charge in [0.15, 0.2) is 0 Å². The van der Waals surface area contributed by atoms with E-state index in [9.17, 15) is 0 Å². The van der Waals surface area contributed by atoms with Crippen LogP contribution in [0.15, 0.2) is 30.4 Å². The van der Waals surface area contributed by atoms with Gasteiger partial charge in [0.2, 0.25) is 0 Å². The molecule has 82 valence electrons. The average molecular weight is 243 g/mol. The van der Waals surface area contributed by atoms with E-state index in [1.807, 2.05) is 18.2 Å². The number of hydrogen-bond donors (Lipinski definition) is 0. The number of rotatable bonds is 4. The first-order valence-electron chi connectivity index (χ1n) is 5.24. The Morgan fingerprint density at radius 3 is 2.40 bits per heavy atom. The predicted octanol–water partition coefficient (Wildman–Crippen LogP) is 5.14. The van der Waals surface area contributed by atoms with E-state index in [2.05, 4.69) is 26.0 Å². The maximum Gasteiger partial charge on any atom is 0.0453 e. The predicted molar refractivity (Wildman–Crippen MR) is 68.8 cm³/mol. The van der Waals surface area contributed by atoms with Crippen LogP contribution < -0.4 is 0 Å². The minimum absolute atomic E-state index is 0.474. The van der Waals surface area contributed by atoms with Gasteiger partial charge in [0.1, 0.15) is 0 Å². The van der Waals surface area contributed by atoms with Crippen molar-refractivity contribution < 1.29 is 0 Å². The van der Waals surface area contributed by atoms with Crippen molar-refractivity contribution in [3.05, 3.63) is 46.0 Å². The van der Waals surface area contributed by atoms with Crippen LogP contribution in [0, 0.1) is 5.92 Å². The molecule has 0 nitrogen and oxygen atoms in total. The minimum Gasteiger partial charge on any atom is -0.0885 e. The molecule has 0 heterocycles. The fourth-order valence-corrected chi connectivity index (χ4v) is 2.04. The Balaban J connectivity index is 2.76. The van der Waals surface area contributed by atoms with Gasteiger partial charge in [0, 0.05) is 10.0 Å². The number of allylic oxidation sites excluding steroid dienone is 2. The third-order valence-electron chi connectivity index (χ3n) is 2.29. The Kier molecular flexibility index (Phi) is 5.21. The zero-order valence-corrected chi connectivity index (χ0v) is 10.6. The molecule has 0 N–H and O–H groups in total. The van der Waals surface area contributed by atoms with E-state index in [1.54, 1.807) is 0 Å². The molecular formula is C13H16Cl2. The summed E-state index contributed by atoms with van der Waals surface area (Å²) in [6.45, 7) is 4.30. The van der Waals surface area contributed by atoms with Crippen LogP contribution in [-0.4, -0.2) is 0 Å². The van der Waals surface area contributed by atoms with Gasteiger partial charge in [-0.1, -0.05) is 55.3 Å². The van der Waals surface area contributed by atoms with Crippen LogP contribution in [0.3, 0.4) is 0 Å². The third kappa shape index (κ3) is 3.89. The first-order valence-corrected chi connectivity index (χ1v) is 6.00. The van der Waals surface area contributed by atoms with E-state index in [4.69, 9.17) is 23.2 Å². The first kappa shape index (κ1) is 12.6. The lowest BCUT2D eigenvalue weighted by atomic mass is 10.0. The lowest BCUT2D eigenvalue weighted by Gasteiger charge is -2.10. The second-order valence-electron chi connectivity index (χ2n) is 3.72. The molecule has 0 aromatic heterocycles. The molecule has 0 aliphatic heterocycles. The van der Waals surface area contributed by atoms with Crippen LogP contribution >= 0.6 is 23.2 Å². The number of benzene rings is 1. The Hall–Kier alpha value is -0.460. The molecule has 0 amide bonds. The second kappa shape index (κ2) is 6.19. The number of hydrogen-bond acceptors (Lipinski definition) is 0. The smallest absolute Gasteiger partial charge is 0.0453 e. The van der Waals surface area contributed by atoms with E-state index >= 15 is 0 Å². The van der Waals surface area contributed by atoms with Crippen molar-refractivity contribution >= 4 is 23.2 Å². The highest BCUT2D eigenvalue weighted by Crippen LogP contribution is 2.27. The van der Waals surface area contributed by atoms with Crippen molar-refractivity contribution in [1.29, 1.82) is 0 Å².